The Morgan fingerprint density at radius 2 is 1.81 bits per heavy atom. The highest BCUT2D eigenvalue weighted by atomic mass is 16.3. The summed E-state index contributed by atoms with van der Waals surface area (Å²) < 4.78 is 0. The second kappa shape index (κ2) is 8.53. The first-order valence-electron chi connectivity index (χ1n) is 9.71. The van der Waals surface area contributed by atoms with Crippen LogP contribution in [0.1, 0.15) is 43.5 Å². The number of amides is 1. The Hall–Kier alpha value is -2.40. The van der Waals surface area contributed by atoms with Crippen molar-refractivity contribution in [3.63, 3.8) is 0 Å². The number of benzene rings is 1. The molecule has 27 heavy (non-hydrogen) atoms. The first kappa shape index (κ1) is 19.4. The minimum Gasteiger partial charge on any atom is -0.393 e. The van der Waals surface area contributed by atoms with Crippen molar-refractivity contribution in [2.75, 3.05) is 13.1 Å². The van der Waals surface area contributed by atoms with Crippen LogP contribution in [0.25, 0.3) is 11.3 Å². The number of hydrogen-bond acceptors (Lipinski definition) is 3. The third-order valence-corrected chi connectivity index (χ3v) is 5.31. The Kier molecular flexibility index (Phi) is 6.11. The summed E-state index contributed by atoms with van der Waals surface area (Å²) in [6.45, 7) is 5.37. The number of likely N-dealkylation sites (tertiary alicyclic amines) is 1. The zero-order chi connectivity index (χ0) is 19.4. The lowest BCUT2D eigenvalue weighted by atomic mass is 9.87. The van der Waals surface area contributed by atoms with Crippen LogP contribution in [-0.4, -0.2) is 40.1 Å². The molecule has 0 aliphatic carbocycles. The van der Waals surface area contributed by atoms with Gasteiger partial charge >= 0.3 is 0 Å². The molecule has 0 saturated carbocycles. The van der Waals surface area contributed by atoms with Crippen molar-refractivity contribution in [1.29, 1.82) is 0 Å². The van der Waals surface area contributed by atoms with Crippen LogP contribution < -0.4 is 5.56 Å². The Balaban J connectivity index is 1.66. The predicted molar refractivity (Wildman–Crippen MR) is 107 cm³/mol. The number of aliphatic hydroxyl groups excluding tert-OH is 1. The van der Waals surface area contributed by atoms with E-state index in [1.54, 1.807) is 17.0 Å². The molecular formula is C22H28N2O3. The van der Waals surface area contributed by atoms with Crippen LogP contribution in [0.2, 0.25) is 0 Å². The van der Waals surface area contributed by atoms with Crippen LogP contribution >= 0.6 is 0 Å². The van der Waals surface area contributed by atoms with Crippen LogP contribution in [0.3, 0.4) is 0 Å². The number of aromatic nitrogens is 1. The summed E-state index contributed by atoms with van der Waals surface area (Å²) in [5.41, 5.74) is 1.43. The molecule has 1 unspecified atom stereocenters. The number of hydrogen-bond donors (Lipinski definition) is 2. The Morgan fingerprint density at radius 3 is 2.41 bits per heavy atom. The Bertz CT molecular complexity index is 821. The van der Waals surface area contributed by atoms with E-state index in [0.717, 1.165) is 24.8 Å². The van der Waals surface area contributed by atoms with Gasteiger partial charge in [0.15, 0.2) is 0 Å². The maximum Gasteiger partial charge on any atom is 0.261 e. The number of pyridine rings is 1. The molecule has 2 aromatic rings. The first-order valence-corrected chi connectivity index (χ1v) is 9.71. The Labute approximate surface area is 160 Å². The summed E-state index contributed by atoms with van der Waals surface area (Å²) in [4.78, 5) is 29.8. The van der Waals surface area contributed by atoms with Gasteiger partial charge in [0.2, 0.25) is 0 Å². The van der Waals surface area contributed by atoms with Gasteiger partial charge in [-0.15, -0.1) is 0 Å². The molecule has 3 rings (SSSR count). The van der Waals surface area contributed by atoms with Crippen molar-refractivity contribution in [3.8, 4) is 11.3 Å². The van der Waals surface area contributed by atoms with E-state index in [-0.39, 0.29) is 29.1 Å². The molecule has 1 aromatic carbocycles. The maximum atomic E-state index is 12.8. The van der Waals surface area contributed by atoms with E-state index in [1.165, 1.54) is 0 Å². The fourth-order valence-electron chi connectivity index (χ4n) is 3.76. The van der Waals surface area contributed by atoms with Gasteiger partial charge in [0.05, 0.1) is 6.10 Å². The zero-order valence-electron chi connectivity index (χ0n) is 16.0. The highest BCUT2D eigenvalue weighted by Crippen LogP contribution is 2.25. The highest BCUT2D eigenvalue weighted by molar-refractivity contribution is 5.94. The number of carbonyl (C=O) groups is 1. The number of aromatic amines is 1. The van der Waals surface area contributed by atoms with Crippen LogP contribution in [0.5, 0.6) is 0 Å². The fraction of sp³-hybridized carbons (Fsp3) is 0.455. The van der Waals surface area contributed by atoms with Gasteiger partial charge in [-0.25, -0.2) is 0 Å². The average Bonchev–Trinajstić information content (AvgIpc) is 2.67. The van der Waals surface area contributed by atoms with Crippen LogP contribution in [0, 0.1) is 11.8 Å². The molecular weight excluding hydrogens is 340 g/mol. The summed E-state index contributed by atoms with van der Waals surface area (Å²) in [5.74, 6) is 0.462. The molecule has 1 aliphatic rings. The number of nitrogens with zero attached hydrogens (tertiary/aromatic N) is 1. The summed E-state index contributed by atoms with van der Waals surface area (Å²) in [6.07, 6.45) is 2.04. The molecule has 0 spiro atoms. The molecule has 1 aromatic heterocycles. The van der Waals surface area contributed by atoms with Crippen molar-refractivity contribution < 1.29 is 9.90 Å². The molecule has 1 aliphatic heterocycles. The molecule has 1 fully saturated rings. The molecule has 5 nitrogen and oxygen atoms in total. The number of aliphatic hydroxyl groups is 1. The van der Waals surface area contributed by atoms with E-state index < -0.39 is 0 Å². The van der Waals surface area contributed by atoms with Gasteiger partial charge < -0.3 is 15.0 Å². The number of H-pyrrole nitrogens is 1. The molecule has 1 saturated heterocycles. The van der Waals surface area contributed by atoms with Crippen molar-refractivity contribution >= 4 is 5.91 Å². The smallest absolute Gasteiger partial charge is 0.261 e. The second-order valence-electron chi connectivity index (χ2n) is 7.81. The molecule has 0 bridgehead atoms. The number of piperidine rings is 1. The molecule has 1 atom stereocenters. The van der Waals surface area contributed by atoms with Gasteiger partial charge in [-0.2, -0.15) is 0 Å². The van der Waals surface area contributed by atoms with E-state index >= 15 is 0 Å². The normalized spacial score (nSPS) is 16.5. The summed E-state index contributed by atoms with van der Waals surface area (Å²) in [5, 5.41) is 10.3. The molecule has 2 heterocycles. The zero-order valence-corrected chi connectivity index (χ0v) is 16.0. The maximum absolute atomic E-state index is 12.8. The lowest BCUT2D eigenvalue weighted by molar-refractivity contribution is 0.0384. The van der Waals surface area contributed by atoms with Gasteiger partial charge in [0.25, 0.3) is 11.5 Å². The van der Waals surface area contributed by atoms with Gasteiger partial charge in [-0.05, 0) is 48.8 Å². The topological polar surface area (TPSA) is 73.4 Å². The summed E-state index contributed by atoms with van der Waals surface area (Å²) >= 11 is 0. The number of rotatable bonds is 5. The van der Waals surface area contributed by atoms with E-state index in [0.29, 0.717) is 24.7 Å². The average molecular weight is 368 g/mol. The minimum atomic E-state index is -0.358. The predicted octanol–water partition coefficient (Wildman–Crippen LogP) is 3.30. The van der Waals surface area contributed by atoms with Gasteiger partial charge in [0.1, 0.15) is 5.56 Å². The monoisotopic (exact) mass is 368 g/mol. The lowest BCUT2D eigenvalue weighted by Crippen LogP contribution is -2.43. The van der Waals surface area contributed by atoms with Gasteiger partial charge in [0, 0.05) is 18.8 Å². The van der Waals surface area contributed by atoms with Crippen molar-refractivity contribution in [1.82, 2.24) is 9.88 Å². The van der Waals surface area contributed by atoms with Crippen molar-refractivity contribution in [2.24, 2.45) is 11.8 Å². The van der Waals surface area contributed by atoms with Gasteiger partial charge in [-0.1, -0.05) is 44.2 Å². The quantitative estimate of drug-likeness (QED) is 0.850. The van der Waals surface area contributed by atoms with E-state index in [9.17, 15) is 14.7 Å². The molecule has 1 amide bonds. The summed E-state index contributed by atoms with van der Waals surface area (Å²) in [6, 6.07) is 13.0. The second-order valence-corrected chi connectivity index (χ2v) is 7.81. The first-order chi connectivity index (χ1) is 13.0. The Morgan fingerprint density at radius 1 is 1.15 bits per heavy atom. The van der Waals surface area contributed by atoms with Crippen LogP contribution in [0.15, 0.2) is 47.3 Å². The molecule has 2 N–H and O–H groups in total. The largest absolute Gasteiger partial charge is 0.393 e. The van der Waals surface area contributed by atoms with E-state index in [2.05, 4.69) is 18.8 Å². The lowest BCUT2D eigenvalue weighted by Gasteiger charge is -2.34. The van der Waals surface area contributed by atoms with E-state index in [1.807, 2.05) is 30.3 Å². The SMILES string of the molecule is CC(C)CC(O)C1CCN(C(=O)c2ccc(-c3ccccc3)[nH]c2=O)CC1. The van der Waals surface area contributed by atoms with Crippen LogP contribution in [-0.2, 0) is 0 Å². The number of carbonyl (C=O) groups excluding carboxylic acids is 1. The van der Waals surface area contributed by atoms with Gasteiger partial charge in [-0.3, -0.25) is 9.59 Å². The molecule has 5 heteroatoms. The fourth-order valence-corrected chi connectivity index (χ4v) is 3.76. The third kappa shape index (κ3) is 4.66. The third-order valence-electron chi connectivity index (χ3n) is 5.31. The van der Waals surface area contributed by atoms with Crippen molar-refractivity contribution in [2.45, 2.75) is 39.2 Å². The molecule has 144 valence electrons. The summed E-state index contributed by atoms with van der Waals surface area (Å²) in [7, 11) is 0. The standard InChI is InChI=1S/C22H28N2O3/c1-15(2)14-20(25)17-10-12-24(13-11-17)22(27)18-8-9-19(23-21(18)26)16-6-4-3-5-7-16/h3-9,15,17,20,25H,10-14H2,1-2H3,(H,23,26). The van der Waals surface area contributed by atoms with Crippen molar-refractivity contribution in [3.05, 3.63) is 58.4 Å². The molecule has 0 radical (unpaired) electrons. The van der Waals surface area contributed by atoms with E-state index in [4.69, 9.17) is 0 Å². The minimum absolute atomic E-state index is 0.177. The number of nitrogens with one attached hydrogen (secondary N) is 1. The van der Waals surface area contributed by atoms with Crippen LogP contribution in [0.4, 0.5) is 0 Å². The highest BCUT2D eigenvalue weighted by Gasteiger charge is 2.29.